The molecular formula is C14H22O6S. The van der Waals surface area contributed by atoms with Crippen molar-refractivity contribution in [3.63, 3.8) is 0 Å². The minimum atomic E-state index is -1.39. The summed E-state index contributed by atoms with van der Waals surface area (Å²) in [4.78, 5) is 21.7. The minimum absolute atomic E-state index is 0.0854. The highest BCUT2D eigenvalue weighted by molar-refractivity contribution is 7.80. The van der Waals surface area contributed by atoms with Crippen molar-refractivity contribution in [2.24, 2.45) is 11.8 Å². The molecule has 0 aromatic heterocycles. The number of hydrogen-bond acceptors (Lipinski definition) is 4. The Hall–Kier alpha value is -0.950. The van der Waals surface area contributed by atoms with Crippen molar-refractivity contribution in [3.05, 3.63) is 0 Å². The Morgan fingerprint density at radius 2 is 1.24 bits per heavy atom. The van der Waals surface area contributed by atoms with E-state index in [4.69, 9.17) is 14.4 Å². The first-order valence-electron chi connectivity index (χ1n) is 7.50. The molecule has 0 radical (unpaired) electrons. The summed E-state index contributed by atoms with van der Waals surface area (Å²) in [6, 6.07) is 0. The first-order chi connectivity index (χ1) is 9.97. The van der Waals surface area contributed by atoms with Crippen LogP contribution in [0.15, 0.2) is 0 Å². The van der Waals surface area contributed by atoms with E-state index in [0.717, 1.165) is 0 Å². The summed E-state index contributed by atoms with van der Waals surface area (Å²) in [6.45, 7) is 0. The second-order valence-electron chi connectivity index (χ2n) is 5.98. The van der Waals surface area contributed by atoms with E-state index in [1.807, 2.05) is 0 Å². The Labute approximate surface area is 126 Å². The van der Waals surface area contributed by atoms with Crippen LogP contribution < -0.4 is 0 Å². The Morgan fingerprint density at radius 1 is 0.810 bits per heavy atom. The van der Waals surface area contributed by atoms with Crippen molar-refractivity contribution in [3.8, 4) is 0 Å². The smallest absolute Gasteiger partial charge is 0.306 e. The van der Waals surface area contributed by atoms with Crippen LogP contribution in [0, 0.1) is 11.8 Å². The Kier molecular flexibility index (Phi) is 5.75. The first kappa shape index (κ1) is 16.4. The fraction of sp³-hybridized carbons (Fsp3) is 0.857. The van der Waals surface area contributed by atoms with Gasteiger partial charge in [-0.05, 0) is 51.4 Å². The molecule has 0 aromatic carbocycles. The minimum Gasteiger partial charge on any atom is -0.481 e. The number of carboxylic acids is 2. The summed E-state index contributed by atoms with van der Waals surface area (Å²) in [6.07, 6.45) is 4.63. The molecule has 0 amide bonds. The van der Waals surface area contributed by atoms with Crippen molar-refractivity contribution in [1.29, 1.82) is 0 Å². The third kappa shape index (κ3) is 4.51. The van der Waals surface area contributed by atoms with E-state index in [0.29, 0.717) is 51.4 Å². The highest BCUT2D eigenvalue weighted by Crippen LogP contribution is 2.31. The second kappa shape index (κ2) is 7.35. The summed E-state index contributed by atoms with van der Waals surface area (Å²) in [5.74, 6) is -2.15. The topological polar surface area (TPSA) is 101 Å². The van der Waals surface area contributed by atoms with Crippen LogP contribution in [-0.2, 0) is 24.9 Å². The highest BCUT2D eigenvalue weighted by atomic mass is 32.2. The predicted octanol–water partition coefficient (Wildman–Crippen LogP) is 1.95. The third-order valence-corrected chi connectivity index (χ3v) is 6.03. The summed E-state index contributed by atoms with van der Waals surface area (Å²) in [5.41, 5.74) is 0. The van der Waals surface area contributed by atoms with Gasteiger partial charge in [-0.15, -0.1) is 0 Å². The Morgan fingerprint density at radius 3 is 1.67 bits per heavy atom. The summed E-state index contributed by atoms with van der Waals surface area (Å²) in [5, 5.41) is 17.8. The van der Waals surface area contributed by atoms with Gasteiger partial charge >= 0.3 is 11.9 Å². The van der Waals surface area contributed by atoms with Gasteiger partial charge in [-0.1, -0.05) is 0 Å². The molecule has 6 nitrogen and oxygen atoms in total. The number of hydrogen-bond donors (Lipinski definition) is 2. The maximum absolute atomic E-state index is 12.2. The molecule has 2 fully saturated rings. The van der Waals surface area contributed by atoms with Crippen LogP contribution in [0.1, 0.15) is 51.4 Å². The molecule has 0 bridgehead atoms. The predicted molar refractivity (Wildman–Crippen MR) is 76.0 cm³/mol. The quantitative estimate of drug-likeness (QED) is 0.803. The largest absolute Gasteiger partial charge is 0.481 e. The lowest BCUT2D eigenvalue weighted by Crippen LogP contribution is -2.32. The summed E-state index contributed by atoms with van der Waals surface area (Å²) >= 11 is -1.39. The number of carbonyl (C=O) groups is 2. The monoisotopic (exact) mass is 318 g/mol. The molecule has 0 aromatic rings. The zero-order chi connectivity index (χ0) is 15.4. The van der Waals surface area contributed by atoms with E-state index in [-0.39, 0.29) is 23.2 Å². The molecule has 2 aliphatic carbocycles. The standard InChI is InChI=1S/C14H22O6S/c15-13(16)9-1-5-11(6-2-9)20-21(19)12-7-3-10(4-8-12)14(17)18/h9-12H,1-8H2,(H,15,16)(H,17,18). The molecule has 2 N–H and O–H groups in total. The highest BCUT2D eigenvalue weighted by Gasteiger charge is 2.32. The molecule has 0 aliphatic heterocycles. The maximum atomic E-state index is 12.2. The van der Waals surface area contributed by atoms with E-state index >= 15 is 0 Å². The molecule has 0 spiro atoms. The van der Waals surface area contributed by atoms with Gasteiger partial charge in [0.05, 0.1) is 23.2 Å². The van der Waals surface area contributed by atoms with Gasteiger partial charge in [0.25, 0.3) is 0 Å². The molecule has 2 aliphatic rings. The van der Waals surface area contributed by atoms with Crippen molar-refractivity contribution in [2.75, 3.05) is 0 Å². The van der Waals surface area contributed by atoms with Crippen LogP contribution in [0.25, 0.3) is 0 Å². The van der Waals surface area contributed by atoms with Crippen molar-refractivity contribution in [2.45, 2.75) is 62.7 Å². The molecule has 2 rings (SSSR count). The lowest BCUT2D eigenvalue weighted by Gasteiger charge is -2.29. The molecule has 120 valence electrons. The van der Waals surface area contributed by atoms with Crippen molar-refractivity contribution >= 4 is 23.0 Å². The van der Waals surface area contributed by atoms with Gasteiger partial charge in [-0.2, -0.15) is 0 Å². The van der Waals surface area contributed by atoms with Gasteiger partial charge in [-0.25, -0.2) is 4.21 Å². The Bertz CT molecular complexity index is 408. The van der Waals surface area contributed by atoms with Crippen molar-refractivity contribution in [1.82, 2.24) is 0 Å². The second-order valence-corrected chi connectivity index (χ2v) is 7.36. The fourth-order valence-corrected chi connectivity index (χ4v) is 4.40. The van der Waals surface area contributed by atoms with Crippen LogP contribution in [0.2, 0.25) is 0 Å². The maximum Gasteiger partial charge on any atom is 0.306 e. The average molecular weight is 318 g/mol. The SMILES string of the molecule is O=C(O)C1CCC(OS(=O)C2CCC(C(=O)O)CC2)CC1. The molecule has 1 unspecified atom stereocenters. The molecule has 2 saturated carbocycles. The van der Waals surface area contributed by atoms with Crippen LogP contribution in [0.5, 0.6) is 0 Å². The van der Waals surface area contributed by atoms with Gasteiger partial charge in [-0.3, -0.25) is 13.8 Å². The van der Waals surface area contributed by atoms with Crippen LogP contribution in [0.4, 0.5) is 0 Å². The van der Waals surface area contributed by atoms with Crippen LogP contribution in [0.3, 0.4) is 0 Å². The van der Waals surface area contributed by atoms with Crippen LogP contribution in [-0.4, -0.2) is 37.7 Å². The zero-order valence-corrected chi connectivity index (χ0v) is 12.7. The van der Waals surface area contributed by atoms with Gasteiger partial charge in [0.2, 0.25) is 0 Å². The third-order valence-electron chi connectivity index (χ3n) is 4.55. The van der Waals surface area contributed by atoms with Gasteiger partial charge in [0, 0.05) is 0 Å². The molecule has 0 heterocycles. The average Bonchev–Trinajstić information content (AvgIpc) is 2.47. The lowest BCUT2D eigenvalue weighted by molar-refractivity contribution is -0.144. The normalized spacial score (nSPS) is 35.0. The lowest BCUT2D eigenvalue weighted by atomic mass is 9.88. The van der Waals surface area contributed by atoms with Gasteiger partial charge in [0.1, 0.15) is 0 Å². The Balaban J connectivity index is 1.73. The first-order valence-corrected chi connectivity index (χ1v) is 8.64. The van der Waals surface area contributed by atoms with Gasteiger partial charge < -0.3 is 10.2 Å². The summed E-state index contributed by atoms with van der Waals surface area (Å²) < 4.78 is 17.8. The van der Waals surface area contributed by atoms with Crippen LogP contribution >= 0.6 is 0 Å². The number of aliphatic carboxylic acids is 2. The summed E-state index contributed by atoms with van der Waals surface area (Å²) in [7, 11) is 0. The van der Waals surface area contributed by atoms with E-state index in [1.165, 1.54) is 0 Å². The molecule has 7 heteroatoms. The van der Waals surface area contributed by atoms with Crippen molar-refractivity contribution < 1.29 is 28.2 Å². The van der Waals surface area contributed by atoms with E-state index in [2.05, 4.69) is 0 Å². The van der Waals surface area contributed by atoms with Gasteiger partial charge in [0.15, 0.2) is 11.1 Å². The fourth-order valence-electron chi connectivity index (χ4n) is 3.12. The molecule has 0 saturated heterocycles. The molecule has 21 heavy (non-hydrogen) atoms. The molecular weight excluding hydrogens is 296 g/mol. The van der Waals surface area contributed by atoms with E-state index < -0.39 is 23.0 Å². The van der Waals surface area contributed by atoms with E-state index in [1.54, 1.807) is 0 Å². The molecule has 1 atom stereocenters. The van der Waals surface area contributed by atoms with E-state index in [9.17, 15) is 13.8 Å². The zero-order valence-electron chi connectivity index (χ0n) is 11.9. The number of rotatable bonds is 5. The number of carboxylic acid groups (broad SMARTS) is 2.